The summed E-state index contributed by atoms with van der Waals surface area (Å²) >= 11 is 0. The zero-order chi connectivity index (χ0) is 12.7. The molecule has 3 rings (SSSR count). The molecule has 0 spiro atoms. The van der Waals surface area contributed by atoms with Crippen LogP contribution in [0.2, 0.25) is 0 Å². The highest BCUT2D eigenvalue weighted by Gasteiger charge is 2.30. The van der Waals surface area contributed by atoms with Crippen LogP contribution in [0.3, 0.4) is 0 Å². The minimum Gasteiger partial charge on any atom is -0.357 e. The molecule has 18 heavy (non-hydrogen) atoms. The Labute approximate surface area is 105 Å². The second-order valence-electron chi connectivity index (χ2n) is 4.72. The van der Waals surface area contributed by atoms with Crippen LogP contribution in [-0.2, 0) is 11.2 Å². The van der Waals surface area contributed by atoms with Crippen molar-refractivity contribution in [2.24, 2.45) is 5.84 Å². The normalized spacial score (nSPS) is 22.8. The quantitative estimate of drug-likeness (QED) is 0.339. The Kier molecular flexibility index (Phi) is 2.57. The van der Waals surface area contributed by atoms with E-state index in [2.05, 4.69) is 27.9 Å². The molecular weight excluding hydrogens is 228 g/mol. The molecule has 2 aromatic rings. The first-order valence-corrected chi connectivity index (χ1v) is 6.06. The lowest BCUT2D eigenvalue weighted by molar-refractivity contribution is -0.123. The molecule has 1 amide bonds. The highest BCUT2D eigenvalue weighted by molar-refractivity contribution is 5.88. The van der Waals surface area contributed by atoms with Crippen molar-refractivity contribution in [3.05, 3.63) is 35.5 Å². The molecule has 1 aliphatic rings. The average Bonchev–Trinajstić information content (AvgIpc) is 2.77. The van der Waals surface area contributed by atoms with Gasteiger partial charge in [0.1, 0.15) is 0 Å². The van der Waals surface area contributed by atoms with Crippen molar-refractivity contribution in [3.8, 4) is 0 Å². The van der Waals surface area contributed by atoms with Gasteiger partial charge in [-0.2, -0.15) is 0 Å². The van der Waals surface area contributed by atoms with Gasteiger partial charge < -0.3 is 4.98 Å². The van der Waals surface area contributed by atoms with E-state index >= 15 is 0 Å². The van der Waals surface area contributed by atoms with Gasteiger partial charge in [0.25, 0.3) is 5.91 Å². The summed E-state index contributed by atoms with van der Waals surface area (Å²) in [6, 6.07) is 8.01. The lowest BCUT2D eigenvalue weighted by Gasteiger charge is -2.27. The minimum absolute atomic E-state index is 0.114. The number of nitrogens with one attached hydrogen (secondary N) is 3. The number of hydrogen-bond acceptors (Lipinski definition) is 3. The van der Waals surface area contributed by atoms with E-state index in [9.17, 15) is 4.79 Å². The van der Waals surface area contributed by atoms with E-state index in [4.69, 9.17) is 5.84 Å². The maximum atomic E-state index is 11.7. The third-order valence-electron chi connectivity index (χ3n) is 3.60. The molecule has 1 aliphatic heterocycles. The van der Waals surface area contributed by atoms with Crippen LogP contribution in [0.4, 0.5) is 0 Å². The predicted molar refractivity (Wildman–Crippen MR) is 69.7 cm³/mol. The number of aromatic amines is 1. The van der Waals surface area contributed by atoms with Crippen LogP contribution in [0, 0.1) is 0 Å². The first kappa shape index (κ1) is 11.3. The summed E-state index contributed by atoms with van der Waals surface area (Å²) in [5, 5.41) is 4.45. The number of carbonyl (C=O) groups excluding carboxylic acids is 1. The smallest absolute Gasteiger partial charge is 0.251 e. The van der Waals surface area contributed by atoms with Crippen LogP contribution in [-0.4, -0.2) is 16.9 Å². The number of para-hydroxylation sites is 1. The monoisotopic (exact) mass is 244 g/mol. The van der Waals surface area contributed by atoms with Crippen molar-refractivity contribution in [1.82, 2.24) is 15.7 Å². The average molecular weight is 244 g/mol. The number of fused-ring (bicyclic) bond motifs is 3. The van der Waals surface area contributed by atoms with Crippen molar-refractivity contribution in [2.45, 2.75) is 25.4 Å². The molecule has 5 N–H and O–H groups in total. The van der Waals surface area contributed by atoms with Gasteiger partial charge in [0.2, 0.25) is 0 Å². The number of nitrogens with two attached hydrogens (primary N) is 1. The largest absolute Gasteiger partial charge is 0.357 e. The number of H-pyrrole nitrogens is 1. The van der Waals surface area contributed by atoms with E-state index in [0.29, 0.717) is 6.42 Å². The molecule has 2 unspecified atom stereocenters. The van der Waals surface area contributed by atoms with E-state index in [0.717, 1.165) is 11.2 Å². The molecule has 0 fully saturated rings. The van der Waals surface area contributed by atoms with Crippen LogP contribution in [0.15, 0.2) is 24.3 Å². The van der Waals surface area contributed by atoms with E-state index < -0.39 is 0 Å². The second kappa shape index (κ2) is 4.12. The molecule has 5 heteroatoms. The summed E-state index contributed by atoms with van der Waals surface area (Å²) in [5.41, 5.74) is 5.71. The van der Waals surface area contributed by atoms with E-state index in [1.54, 1.807) is 0 Å². The molecule has 2 atom stereocenters. The van der Waals surface area contributed by atoms with E-state index in [1.807, 2.05) is 19.1 Å². The Bertz CT molecular complexity index is 604. The van der Waals surface area contributed by atoms with Crippen molar-refractivity contribution in [1.29, 1.82) is 0 Å². The molecule has 0 saturated heterocycles. The first-order chi connectivity index (χ1) is 8.70. The van der Waals surface area contributed by atoms with Crippen molar-refractivity contribution < 1.29 is 4.79 Å². The summed E-state index contributed by atoms with van der Waals surface area (Å²) in [6.45, 7) is 2.05. The van der Waals surface area contributed by atoms with Gasteiger partial charge in [-0.15, -0.1) is 0 Å². The zero-order valence-electron chi connectivity index (χ0n) is 10.2. The summed E-state index contributed by atoms with van der Waals surface area (Å²) in [5.74, 6) is 5.04. The molecule has 94 valence electrons. The van der Waals surface area contributed by atoms with Gasteiger partial charge in [-0.3, -0.25) is 15.5 Å². The van der Waals surface area contributed by atoms with Gasteiger partial charge in [-0.05, 0) is 25.0 Å². The fraction of sp³-hybridized carbons (Fsp3) is 0.308. The molecule has 1 aromatic heterocycles. The van der Waals surface area contributed by atoms with Gasteiger partial charge in [-0.25, -0.2) is 5.84 Å². The number of aromatic nitrogens is 1. The highest BCUT2D eigenvalue weighted by Crippen LogP contribution is 2.31. The number of hydrogen-bond donors (Lipinski definition) is 4. The van der Waals surface area contributed by atoms with E-state index in [-0.39, 0.29) is 18.0 Å². The summed E-state index contributed by atoms with van der Waals surface area (Å²) in [6.07, 6.45) is 0.659. The van der Waals surface area contributed by atoms with Gasteiger partial charge in [0.05, 0.1) is 6.04 Å². The Hall–Kier alpha value is -1.85. The minimum atomic E-state index is -0.267. The fourth-order valence-electron chi connectivity index (χ4n) is 2.73. The molecule has 0 saturated carbocycles. The third-order valence-corrected chi connectivity index (χ3v) is 3.60. The second-order valence-corrected chi connectivity index (χ2v) is 4.72. The summed E-state index contributed by atoms with van der Waals surface area (Å²) in [4.78, 5) is 15.1. The topological polar surface area (TPSA) is 82.9 Å². The maximum absolute atomic E-state index is 11.7. The Morgan fingerprint density at radius 1 is 1.44 bits per heavy atom. The summed E-state index contributed by atoms with van der Waals surface area (Å²) < 4.78 is 0. The van der Waals surface area contributed by atoms with Crippen LogP contribution in [0.25, 0.3) is 10.9 Å². The Morgan fingerprint density at radius 3 is 3.00 bits per heavy atom. The van der Waals surface area contributed by atoms with Gasteiger partial charge in [0, 0.05) is 22.6 Å². The van der Waals surface area contributed by atoms with Gasteiger partial charge in [-0.1, -0.05) is 18.2 Å². The van der Waals surface area contributed by atoms with Gasteiger partial charge >= 0.3 is 0 Å². The van der Waals surface area contributed by atoms with Crippen LogP contribution in [0.1, 0.15) is 24.2 Å². The molecule has 1 aromatic carbocycles. The maximum Gasteiger partial charge on any atom is 0.251 e. The Morgan fingerprint density at radius 2 is 2.22 bits per heavy atom. The molecule has 5 nitrogen and oxygen atoms in total. The lowest BCUT2D eigenvalue weighted by atomic mass is 9.94. The number of hydrazine groups is 1. The fourth-order valence-corrected chi connectivity index (χ4v) is 2.73. The predicted octanol–water partition coefficient (Wildman–Crippen LogP) is 0.733. The number of benzene rings is 1. The number of carbonyl (C=O) groups is 1. The standard InChI is InChI=1S/C13H16N4O/c1-7-12-9(6-11(15-7)13(18)17-14)8-4-2-3-5-10(8)16-12/h2-5,7,11,15-16H,6,14H2,1H3,(H,17,18). The molecule has 2 heterocycles. The third kappa shape index (κ3) is 1.60. The molecule has 0 aliphatic carbocycles. The Balaban J connectivity index is 2.09. The number of rotatable bonds is 1. The summed E-state index contributed by atoms with van der Waals surface area (Å²) in [7, 11) is 0. The van der Waals surface area contributed by atoms with Crippen molar-refractivity contribution in [2.75, 3.05) is 0 Å². The van der Waals surface area contributed by atoms with Crippen LogP contribution < -0.4 is 16.6 Å². The zero-order valence-corrected chi connectivity index (χ0v) is 10.2. The first-order valence-electron chi connectivity index (χ1n) is 6.06. The van der Waals surface area contributed by atoms with Crippen molar-refractivity contribution in [3.63, 3.8) is 0 Å². The van der Waals surface area contributed by atoms with Crippen LogP contribution in [0.5, 0.6) is 0 Å². The van der Waals surface area contributed by atoms with Gasteiger partial charge in [0.15, 0.2) is 0 Å². The number of amides is 1. The molecule has 0 bridgehead atoms. The van der Waals surface area contributed by atoms with Crippen LogP contribution >= 0.6 is 0 Å². The SMILES string of the molecule is CC1NC(C(=O)NN)Cc2c1[nH]c1ccccc21. The molecule has 0 radical (unpaired) electrons. The van der Waals surface area contributed by atoms with E-state index in [1.165, 1.54) is 10.9 Å². The molecular formula is C13H16N4O. The lowest BCUT2D eigenvalue weighted by Crippen LogP contribution is -2.50. The highest BCUT2D eigenvalue weighted by atomic mass is 16.2. The van der Waals surface area contributed by atoms with Crippen molar-refractivity contribution >= 4 is 16.8 Å².